The van der Waals surface area contributed by atoms with Crippen molar-refractivity contribution in [1.29, 1.82) is 0 Å². The average molecular weight is 252 g/mol. The molecular formula is C13H20N2OS. The second-order valence-corrected chi connectivity index (χ2v) is 6.46. The maximum atomic E-state index is 5.93. The Balaban J connectivity index is 1.90. The van der Waals surface area contributed by atoms with E-state index in [4.69, 9.17) is 15.5 Å². The molecule has 0 aromatic carbocycles. The van der Waals surface area contributed by atoms with Crippen LogP contribution in [0.15, 0.2) is 0 Å². The molecule has 2 heterocycles. The zero-order chi connectivity index (χ0) is 11.9. The molecule has 3 rings (SSSR count). The van der Waals surface area contributed by atoms with Gasteiger partial charge in [0.25, 0.3) is 0 Å². The van der Waals surface area contributed by atoms with E-state index < -0.39 is 0 Å². The fourth-order valence-electron chi connectivity index (χ4n) is 2.95. The lowest BCUT2D eigenvalue weighted by Crippen LogP contribution is -2.52. The Labute approximate surface area is 106 Å². The normalized spacial score (nSPS) is 23.9. The first-order valence-electron chi connectivity index (χ1n) is 6.51. The van der Waals surface area contributed by atoms with Crippen LogP contribution in [0.3, 0.4) is 0 Å². The van der Waals surface area contributed by atoms with Gasteiger partial charge in [-0.3, -0.25) is 0 Å². The van der Waals surface area contributed by atoms with Gasteiger partial charge in [-0.1, -0.05) is 12.8 Å². The van der Waals surface area contributed by atoms with Crippen LogP contribution in [-0.2, 0) is 10.2 Å². The predicted molar refractivity (Wildman–Crippen MR) is 69.6 cm³/mol. The van der Waals surface area contributed by atoms with Crippen molar-refractivity contribution in [1.82, 2.24) is 4.98 Å². The summed E-state index contributed by atoms with van der Waals surface area (Å²) >= 11 is 1.89. The highest BCUT2D eigenvalue weighted by Gasteiger charge is 2.42. The third-order valence-electron chi connectivity index (χ3n) is 4.15. The minimum absolute atomic E-state index is 0.0819. The lowest BCUT2D eigenvalue weighted by Gasteiger charge is -2.39. The number of hydrogen-bond acceptors (Lipinski definition) is 4. The van der Waals surface area contributed by atoms with E-state index in [-0.39, 0.29) is 5.41 Å². The lowest BCUT2D eigenvalue weighted by molar-refractivity contribution is -0.0535. The molecule has 1 aromatic heterocycles. The van der Waals surface area contributed by atoms with Crippen molar-refractivity contribution in [2.75, 3.05) is 19.8 Å². The second kappa shape index (κ2) is 4.34. The molecule has 1 saturated heterocycles. The molecule has 17 heavy (non-hydrogen) atoms. The molecule has 2 aliphatic rings. The smallest absolute Gasteiger partial charge is 0.0962 e. The van der Waals surface area contributed by atoms with Crippen molar-refractivity contribution >= 4 is 11.3 Å². The van der Waals surface area contributed by atoms with Crippen LogP contribution < -0.4 is 5.73 Å². The number of ether oxygens (including phenoxy) is 1. The zero-order valence-corrected chi connectivity index (χ0v) is 11.2. The molecule has 0 atom stereocenters. The summed E-state index contributed by atoms with van der Waals surface area (Å²) in [6, 6.07) is 0. The Kier molecular flexibility index (Phi) is 2.97. The molecule has 0 unspecified atom stereocenters. The minimum Gasteiger partial charge on any atom is -0.379 e. The van der Waals surface area contributed by atoms with Gasteiger partial charge in [-0.05, 0) is 19.8 Å². The van der Waals surface area contributed by atoms with Crippen molar-refractivity contribution in [2.24, 2.45) is 5.73 Å². The van der Waals surface area contributed by atoms with E-state index in [1.165, 1.54) is 41.3 Å². The van der Waals surface area contributed by atoms with Crippen LogP contribution in [0, 0.1) is 6.92 Å². The summed E-state index contributed by atoms with van der Waals surface area (Å²) in [5.74, 6) is 0.711. The number of hydrogen-bond donors (Lipinski definition) is 1. The first-order valence-corrected chi connectivity index (χ1v) is 7.32. The summed E-state index contributed by atoms with van der Waals surface area (Å²) in [6.45, 7) is 4.35. The molecule has 0 radical (unpaired) electrons. The first kappa shape index (κ1) is 11.6. The SMILES string of the molecule is Cc1nc(C2CCCC2)sc1C1(CN)COC1. The maximum absolute atomic E-state index is 5.93. The Hall–Kier alpha value is -0.450. The fraction of sp³-hybridized carbons (Fsp3) is 0.769. The van der Waals surface area contributed by atoms with Crippen LogP contribution in [0.25, 0.3) is 0 Å². The molecule has 4 heteroatoms. The zero-order valence-electron chi connectivity index (χ0n) is 10.4. The number of thiazole rings is 1. The molecule has 2 fully saturated rings. The molecule has 1 aliphatic carbocycles. The minimum atomic E-state index is 0.0819. The van der Waals surface area contributed by atoms with Gasteiger partial charge >= 0.3 is 0 Å². The van der Waals surface area contributed by atoms with E-state index in [2.05, 4.69) is 6.92 Å². The van der Waals surface area contributed by atoms with Gasteiger partial charge in [0.15, 0.2) is 0 Å². The van der Waals surface area contributed by atoms with Crippen LogP contribution in [-0.4, -0.2) is 24.7 Å². The second-order valence-electron chi connectivity index (χ2n) is 5.43. The molecule has 0 bridgehead atoms. The number of nitrogens with two attached hydrogens (primary N) is 1. The van der Waals surface area contributed by atoms with Gasteiger partial charge in [0.1, 0.15) is 0 Å². The molecule has 0 amide bonds. The highest BCUT2D eigenvalue weighted by Crippen LogP contribution is 2.42. The highest BCUT2D eigenvalue weighted by atomic mass is 32.1. The van der Waals surface area contributed by atoms with Gasteiger partial charge in [-0.2, -0.15) is 0 Å². The van der Waals surface area contributed by atoms with Crippen LogP contribution in [0.2, 0.25) is 0 Å². The highest BCUT2D eigenvalue weighted by molar-refractivity contribution is 7.12. The lowest BCUT2D eigenvalue weighted by atomic mass is 9.83. The van der Waals surface area contributed by atoms with Gasteiger partial charge in [0, 0.05) is 17.3 Å². The van der Waals surface area contributed by atoms with Crippen LogP contribution in [0.1, 0.15) is 47.2 Å². The number of aryl methyl sites for hydroxylation is 1. The monoisotopic (exact) mass is 252 g/mol. The van der Waals surface area contributed by atoms with Gasteiger partial charge in [-0.25, -0.2) is 4.98 Å². The summed E-state index contributed by atoms with van der Waals surface area (Å²) in [5.41, 5.74) is 7.20. The summed E-state index contributed by atoms with van der Waals surface area (Å²) < 4.78 is 5.37. The summed E-state index contributed by atoms with van der Waals surface area (Å²) in [7, 11) is 0. The molecule has 1 aromatic rings. The van der Waals surface area contributed by atoms with Crippen molar-refractivity contribution in [3.63, 3.8) is 0 Å². The van der Waals surface area contributed by atoms with Crippen molar-refractivity contribution in [3.8, 4) is 0 Å². The summed E-state index contributed by atoms with van der Waals surface area (Å²) in [4.78, 5) is 6.18. The Bertz CT molecular complexity index is 400. The van der Waals surface area contributed by atoms with E-state index in [1.54, 1.807) is 0 Å². The van der Waals surface area contributed by atoms with Gasteiger partial charge in [0.2, 0.25) is 0 Å². The summed E-state index contributed by atoms with van der Waals surface area (Å²) in [6.07, 6.45) is 5.37. The van der Waals surface area contributed by atoms with E-state index in [1.807, 2.05) is 11.3 Å². The van der Waals surface area contributed by atoms with Crippen molar-refractivity contribution in [2.45, 2.75) is 43.9 Å². The number of nitrogens with zero attached hydrogens (tertiary/aromatic N) is 1. The largest absolute Gasteiger partial charge is 0.379 e. The fourth-order valence-corrected chi connectivity index (χ4v) is 4.35. The Morgan fingerprint density at radius 1 is 1.41 bits per heavy atom. The van der Waals surface area contributed by atoms with E-state index in [0.29, 0.717) is 12.5 Å². The topological polar surface area (TPSA) is 48.1 Å². The maximum Gasteiger partial charge on any atom is 0.0962 e. The van der Waals surface area contributed by atoms with Crippen molar-refractivity contribution < 1.29 is 4.74 Å². The predicted octanol–water partition coefficient (Wildman–Crippen LogP) is 2.34. The Morgan fingerprint density at radius 2 is 2.12 bits per heavy atom. The van der Waals surface area contributed by atoms with E-state index >= 15 is 0 Å². The Morgan fingerprint density at radius 3 is 2.65 bits per heavy atom. The standard InChI is InChI=1S/C13H20N2OS/c1-9-11(13(6-14)7-16-8-13)17-12(15-9)10-4-2-3-5-10/h10H,2-8,14H2,1H3. The number of rotatable bonds is 3. The molecule has 94 valence electrons. The molecule has 1 aliphatic heterocycles. The van der Waals surface area contributed by atoms with Crippen LogP contribution in [0.4, 0.5) is 0 Å². The third-order valence-corrected chi connectivity index (χ3v) is 5.71. The molecular weight excluding hydrogens is 232 g/mol. The average Bonchev–Trinajstić information content (AvgIpc) is 2.87. The van der Waals surface area contributed by atoms with Crippen LogP contribution in [0.5, 0.6) is 0 Å². The first-order chi connectivity index (χ1) is 8.25. The molecule has 3 nitrogen and oxygen atoms in total. The van der Waals surface area contributed by atoms with Gasteiger partial charge in [-0.15, -0.1) is 11.3 Å². The van der Waals surface area contributed by atoms with E-state index in [0.717, 1.165) is 13.2 Å². The third kappa shape index (κ3) is 1.83. The molecule has 1 saturated carbocycles. The quantitative estimate of drug-likeness (QED) is 0.898. The van der Waals surface area contributed by atoms with Crippen molar-refractivity contribution in [3.05, 3.63) is 15.6 Å². The van der Waals surface area contributed by atoms with Crippen LogP contribution >= 0.6 is 11.3 Å². The van der Waals surface area contributed by atoms with Gasteiger partial charge in [0.05, 0.1) is 29.3 Å². The molecule has 2 N–H and O–H groups in total. The number of aromatic nitrogens is 1. The van der Waals surface area contributed by atoms with Gasteiger partial charge < -0.3 is 10.5 Å². The summed E-state index contributed by atoms with van der Waals surface area (Å²) in [5, 5.41) is 1.34. The van der Waals surface area contributed by atoms with E-state index in [9.17, 15) is 0 Å². The molecule has 0 spiro atoms.